The molecule has 0 radical (unpaired) electrons. The molecule has 1 aromatic heterocycles. The zero-order chi connectivity index (χ0) is 10.7. The minimum absolute atomic E-state index is 0.112. The van der Waals surface area contributed by atoms with Crippen LogP contribution in [-0.4, -0.2) is 16.1 Å². The fraction of sp³-hybridized carbons (Fsp3) is 0.700. The smallest absolute Gasteiger partial charge is 0.229 e. The van der Waals surface area contributed by atoms with Crippen molar-refractivity contribution in [2.45, 2.75) is 39.0 Å². The van der Waals surface area contributed by atoms with Crippen LogP contribution >= 0.6 is 11.3 Å². The van der Waals surface area contributed by atoms with Crippen LogP contribution in [0.5, 0.6) is 0 Å². The van der Waals surface area contributed by atoms with Crippen LogP contribution in [0.1, 0.15) is 37.6 Å². The summed E-state index contributed by atoms with van der Waals surface area (Å²) < 4.78 is 0. The molecule has 15 heavy (non-hydrogen) atoms. The highest BCUT2D eigenvalue weighted by molar-refractivity contribution is 7.15. The quantitative estimate of drug-likeness (QED) is 0.855. The maximum Gasteiger partial charge on any atom is 0.229 e. The Kier molecular flexibility index (Phi) is 3.30. The molecule has 0 aliphatic heterocycles. The van der Waals surface area contributed by atoms with Crippen LogP contribution < -0.4 is 5.32 Å². The van der Waals surface area contributed by atoms with Gasteiger partial charge in [0.15, 0.2) is 0 Å². The van der Waals surface area contributed by atoms with Crippen LogP contribution in [-0.2, 0) is 11.2 Å². The van der Waals surface area contributed by atoms with E-state index in [1.807, 2.05) is 0 Å². The van der Waals surface area contributed by atoms with Crippen molar-refractivity contribution >= 4 is 22.4 Å². The van der Waals surface area contributed by atoms with Crippen molar-refractivity contribution < 1.29 is 4.79 Å². The molecular formula is C10H15N3OS. The molecule has 1 aromatic rings. The molecule has 4 nitrogen and oxygen atoms in total. The van der Waals surface area contributed by atoms with E-state index in [0.29, 0.717) is 5.13 Å². The molecule has 1 N–H and O–H groups in total. The predicted octanol–water partition coefficient (Wildman–Crippen LogP) is 2.23. The number of rotatable bonds is 4. The van der Waals surface area contributed by atoms with Gasteiger partial charge in [0.2, 0.25) is 11.0 Å². The lowest BCUT2D eigenvalue weighted by molar-refractivity contribution is -0.122. The van der Waals surface area contributed by atoms with Crippen LogP contribution in [0.15, 0.2) is 0 Å². The molecule has 1 amide bonds. The maximum absolute atomic E-state index is 11.6. The number of hydrogen-bond donors (Lipinski definition) is 1. The van der Waals surface area contributed by atoms with Crippen LogP contribution in [0.2, 0.25) is 0 Å². The van der Waals surface area contributed by atoms with Gasteiger partial charge in [0.25, 0.3) is 0 Å². The SMILES string of the molecule is CCCc1nnc(NC(=O)C2CCC2)s1. The zero-order valence-electron chi connectivity index (χ0n) is 8.82. The van der Waals surface area contributed by atoms with Gasteiger partial charge in [-0.3, -0.25) is 4.79 Å². The summed E-state index contributed by atoms with van der Waals surface area (Å²) in [6, 6.07) is 0. The topological polar surface area (TPSA) is 54.9 Å². The van der Waals surface area contributed by atoms with E-state index in [2.05, 4.69) is 22.4 Å². The third-order valence-corrected chi connectivity index (χ3v) is 3.54. The lowest BCUT2D eigenvalue weighted by Gasteiger charge is -2.23. The highest BCUT2D eigenvalue weighted by atomic mass is 32.1. The molecule has 0 aromatic carbocycles. The predicted molar refractivity (Wildman–Crippen MR) is 59.9 cm³/mol. The average molecular weight is 225 g/mol. The van der Waals surface area contributed by atoms with Crippen LogP contribution in [0.3, 0.4) is 0 Å². The first-order valence-corrected chi connectivity index (χ1v) is 6.24. The van der Waals surface area contributed by atoms with Gasteiger partial charge in [-0.05, 0) is 19.3 Å². The summed E-state index contributed by atoms with van der Waals surface area (Å²) in [7, 11) is 0. The van der Waals surface area contributed by atoms with Gasteiger partial charge in [-0.15, -0.1) is 10.2 Å². The summed E-state index contributed by atoms with van der Waals surface area (Å²) in [6.45, 7) is 2.11. The lowest BCUT2D eigenvalue weighted by atomic mass is 9.85. The molecule has 5 heteroatoms. The van der Waals surface area contributed by atoms with E-state index >= 15 is 0 Å². The van der Waals surface area contributed by atoms with E-state index in [0.717, 1.165) is 30.7 Å². The summed E-state index contributed by atoms with van der Waals surface area (Å²) in [4.78, 5) is 11.6. The van der Waals surface area contributed by atoms with Crippen molar-refractivity contribution in [1.29, 1.82) is 0 Å². The Morgan fingerprint density at radius 1 is 1.53 bits per heavy atom. The number of hydrogen-bond acceptors (Lipinski definition) is 4. The summed E-state index contributed by atoms with van der Waals surface area (Å²) >= 11 is 1.48. The van der Waals surface area contributed by atoms with Gasteiger partial charge in [-0.2, -0.15) is 0 Å². The first-order valence-electron chi connectivity index (χ1n) is 5.43. The summed E-state index contributed by atoms with van der Waals surface area (Å²) in [5.41, 5.74) is 0. The van der Waals surface area contributed by atoms with E-state index in [9.17, 15) is 4.79 Å². The molecule has 0 bridgehead atoms. The number of aromatic nitrogens is 2. The fourth-order valence-corrected chi connectivity index (χ4v) is 2.34. The van der Waals surface area contributed by atoms with E-state index in [1.165, 1.54) is 17.8 Å². The number of amides is 1. The van der Waals surface area contributed by atoms with Gasteiger partial charge in [-0.25, -0.2) is 0 Å². The van der Waals surface area contributed by atoms with Gasteiger partial charge in [0.05, 0.1) is 0 Å². The normalized spacial score (nSPS) is 16.1. The molecule has 1 heterocycles. The van der Waals surface area contributed by atoms with E-state index in [4.69, 9.17) is 0 Å². The van der Waals surface area contributed by atoms with Crippen molar-refractivity contribution in [3.63, 3.8) is 0 Å². The monoisotopic (exact) mass is 225 g/mol. The standard InChI is InChI=1S/C10H15N3OS/c1-2-4-8-12-13-10(15-8)11-9(14)7-5-3-6-7/h7H,2-6H2,1H3,(H,11,13,14). The third-order valence-electron chi connectivity index (χ3n) is 2.64. The molecule has 0 unspecified atom stereocenters. The number of nitrogens with zero attached hydrogens (tertiary/aromatic N) is 2. The Morgan fingerprint density at radius 2 is 2.33 bits per heavy atom. The van der Waals surface area contributed by atoms with E-state index < -0.39 is 0 Å². The average Bonchev–Trinajstić information content (AvgIpc) is 2.49. The Morgan fingerprint density at radius 3 is 2.93 bits per heavy atom. The van der Waals surface area contributed by atoms with Crippen molar-refractivity contribution in [2.75, 3.05) is 5.32 Å². The molecule has 0 saturated heterocycles. The molecule has 1 aliphatic rings. The van der Waals surface area contributed by atoms with Gasteiger partial charge in [-0.1, -0.05) is 24.7 Å². The van der Waals surface area contributed by atoms with E-state index in [-0.39, 0.29) is 11.8 Å². The van der Waals surface area contributed by atoms with Gasteiger partial charge < -0.3 is 5.32 Å². The summed E-state index contributed by atoms with van der Waals surface area (Å²) in [5, 5.41) is 12.4. The molecule has 0 atom stereocenters. The van der Waals surface area contributed by atoms with Crippen LogP contribution in [0, 0.1) is 5.92 Å². The third kappa shape index (κ3) is 2.53. The highest BCUT2D eigenvalue weighted by Gasteiger charge is 2.25. The largest absolute Gasteiger partial charge is 0.300 e. The minimum Gasteiger partial charge on any atom is -0.300 e. The second-order valence-corrected chi connectivity index (χ2v) is 4.93. The highest BCUT2D eigenvalue weighted by Crippen LogP contribution is 2.28. The minimum atomic E-state index is 0.112. The Hall–Kier alpha value is -0.970. The van der Waals surface area contributed by atoms with Crippen molar-refractivity contribution in [1.82, 2.24) is 10.2 Å². The van der Waals surface area contributed by atoms with Gasteiger partial charge in [0.1, 0.15) is 5.01 Å². The number of aryl methyl sites for hydroxylation is 1. The molecule has 2 rings (SSSR count). The first-order chi connectivity index (χ1) is 7.29. The lowest BCUT2D eigenvalue weighted by Crippen LogP contribution is -2.27. The first kappa shape index (κ1) is 10.5. The zero-order valence-corrected chi connectivity index (χ0v) is 9.64. The molecule has 1 aliphatic carbocycles. The summed E-state index contributed by atoms with van der Waals surface area (Å²) in [5.74, 6) is 0.323. The van der Waals surface area contributed by atoms with Crippen molar-refractivity contribution in [3.8, 4) is 0 Å². The number of carbonyl (C=O) groups excluding carboxylic acids is 1. The Balaban J connectivity index is 1.89. The molecule has 82 valence electrons. The molecule has 1 saturated carbocycles. The Bertz CT molecular complexity index is 346. The van der Waals surface area contributed by atoms with Crippen molar-refractivity contribution in [2.24, 2.45) is 5.92 Å². The number of anilines is 1. The Labute approximate surface area is 93.1 Å². The van der Waals surface area contributed by atoms with Gasteiger partial charge in [0, 0.05) is 12.3 Å². The number of carbonyl (C=O) groups is 1. The van der Waals surface area contributed by atoms with Crippen LogP contribution in [0.25, 0.3) is 0 Å². The maximum atomic E-state index is 11.6. The second-order valence-electron chi connectivity index (χ2n) is 3.87. The van der Waals surface area contributed by atoms with Crippen LogP contribution in [0.4, 0.5) is 5.13 Å². The van der Waals surface area contributed by atoms with E-state index in [1.54, 1.807) is 0 Å². The molecule has 0 spiro atoms. The van der Waals surface area contributed by atoms with Gasteiger partial charge >= 0.3 is 0 Å². The fourth-order valence-electron chi connectivity index (χ4n) is 1.50. The molecular weight excluding hydrogens is 210 g/mol. The van der Waals surface area contributed by atoms with Crippen molar-refractivity contribution in [3.05, 3.63) is 5.01 Å². The summed E-state index contributed by atoms with van der Waals surface area (Å²) in [6.07, 6.45) is 5.22. The number of nitrogens with one attached hydrogen (secondary N) is 1. The molecule has 1 fully saturated rings. The second kappa shape index (κ2) is 4.70.